The number of esters is 1. The van der Waals surface area contributed by atoms with Crippen molar-refractivity contribution in [3.63, 3.8) is 0 Å². The first kappa shape index (κ1) is 15.3. The van der Waals surface area contributed by atoms with Crippen LogP contribution < -0.4 is 0 Å². The Morgan fingerprint density at radius 3 is 2.17 bits per heavy atom. The quantitative estimate of drug-likeness (QED) is 0.796. The van der Waals surface area contributed by atoms with Crippen molar-refractivity contribution < 1.29 is 14.3 Å². The standard InChI is InChI=1S/C19H19NO3/c1-23-19(22)16-9-7-15(8-10-16)18(21)20(17-11-12-17)13-14-5-3-2-4-6-14/h2-10,17H,11-13H2,1H3. The van der Waals surface area contributed by atoms with Gasteiger partial charge >= 0.3 is 5.97 Å². The molecule has 1 saturated carbocycles. The van der Waals surface area contributed by atoms with Crippen LogP contribution in [-0.2, 0) is 11.3 Å². The molecule has 0 bridgehead atoms. The molecule has 2 aromatic rings. The van der Waals surface area contributed by atoms with Gasteiger partial charge in [-0.05, 0) is 42.7 Å². The third kappa shape index (κ3) is 3.59. The number of carbonyl (C=O) groups excluding carboxylic acids is 2. The maximum Gasteiger partial charge on any atom is 0.337 e. The largest absolute Gasteiger partial charge is 0.465 e. The fourth-order valence-electron chi connectivity index (χ4n) is 2.57. The van der Waals surface area contributed by atoms with E-state index in [-0.39, 0.29) is 5.91 Å². The Morgan fingerprint density at radius 2 is 1.61 bits per heavy atom. The zero-order valence-corrected chi connectivity index (χ0v) is 13.1. The minimum absolute atomic E-state index is 0.00719. The van der Waals surface area contributed by atoms with Crippen LogP contribution in [0.4, 0.5) is 0 Å². The summed E-state index contributed by atoms with van der Waals surface area (Å²) in [5, 5.41) is 0. The monoisotopic (exact) mass is 309 g/mol. The second-order valence-corrected chi connectivity index (χ2v) is 5.72. The fraction of sp³-hybridized carbons (Fsp3) is 0.263. The summed E-state index contributed by atoms with van der Waals surface area (Å²) < 4.78 is 4.68. The molecule has 0 radical (unpaired) electrons. The van der Waals surface area contributed by atoms with Crippen molar-refractivity contribution in [2.75, 3.05) is 7.11 Å². The summed E-state index contributed by atoms with van der Waals surface area (Å²) in [4.78, 5) is 26.2. The van der Waals surface area contributed by atoms with Crippen molar-refractivity contribution in [1.29, 1.82) is 0 Å². The number of rotatable bonds is 5. The number of hydrogen-bond donors (Lipinski definition) is 0. The highest BCUT2D eigenvalue weighted by Crippen LogP contribution is 2.29. The lowest BCUT2D eigenvalue weighted by molar-refractivity contribution is 0.0599. The first-order valence-corrected chi connectivity index (χ1v) is 7.72. The van der Waals surface area contributed by atoms with Crippen LogP contribution >= 0.6 is 0 Å². The zero-order chi connectivity index (χ0) is 16.2. The Hall–Kier alpha value is -2.62. The van der Waals surface area contributed by atoms with E-state index < -0.39 is 5.97 Å². The van der Waals surface area contributed by atoms with E-state index in [2.05, 4.69) is 4.74 Å². The summed E-state index contributed by atoms with van der Waals surface area (Å²) in [5.41, 5.74) is 2.17. The molecule has 0 heterocycles. The lowest BCUT2D eigenvalue weighted by atomic mass is 10.1. The molecule has 1 fully saturated rings. The Labute approximate surface area is 135 Å². The number of amides is 1. The molecule has 0 saturated heterocycles. The van der Waals surface area contributed by atoms with Crippen molar-refractivity contribution in [3.05, 3.63) is 71.3 Å². The molecule has 4 nitrogen and oxygen atoms in total. The van der Waals surface area contributed by atoms with Gasteiger partial charge in [0.25, 0.3) is 5.91 Å². The van der Waals surface area contributed by atoms with Crippen LogP contribution in [0.5, 0.6) is 0 Å². The van der Waals surface area contributed by atoms with E-state index in [9.17, 15) is 9.59 Å². The average molecular weight is 309 g/mol. The summed E-state index contributed by atoms with van der Waals surface area (Å²) in [5.74, 6) is -0.389. The third-order valence-electron chi connectivity index (χ3n) is 4.00. The lowest BCUT2D eigenvalue weighted by Gasteiger charge is -2.22. The van der Waals surface area contributed by atoms with Crippen LogP contribution in [0.1, 0.15) is 39.1 Å². The Bertz CT molecular complexity index is 690. The summed E-state index contributed by atoms with van der Waals surface area (Å²) in [7, 11) is 1.34. The van der Waals surface area contributed by atoms with E-state index in [1.54, 1.807) is 24.3 Å². The van der Waals surface area contributed by atoms with E-state index in [0.717, 1.165) is 18.4 Å². The van der Waals surface area contributed by atoms with Gasteiger partial charge in [-0.1, -0.05) is 30.3 Å². The van der Waals surface area contributed by atoms with Gasteiger partial charge in [0.2, 0.25) is 0 Å². The van der Waals surface area contributed by atoms with Gasteiger partial charge in [0.1, 0.15) is 0 Å². The van der Waals surface area contributed by atoms with E-state index in [1.165, 1.54) is 7.11 Å². The smallest absolute Gasteiger partial charge is 0.337 e. The maximum atomic E-state index is 12.8. The minimum atomic E-state index is -0.396. The summed E-state index contributed by atoms with van der Waals surface area (Å²) in [6.45, 7) is 0.614. The molecule has 1 aliphatic carbocycles. The number of carbonyl (C=O) groups is 2. The summed E-state index contributed by atoms with van der Waals surface area (Å²) >= 11 is 0. The van der Waals surface area contributed by atoms with Crippen molar-refractivity contribution in [3.8, 4) is 0 Å². The molecular formula is C19H19NO3. The first-order chi connectivity index (χ1) is 11.2. The minimum Gasteiger partial charge on any atom is -0.465 e. The molecule has 0 aliphatic heterocycles. The van der Waals surface area contributed by atoms with E-state index in [0.29, 0.717) is 23.7 Å². The lowest BCUT2D eigenvalue weighted by Crippen LogP contribution is -2.32. The van der Waals surface area contributed by atoms with Crippen LogP contribution in [0.2, 0.25) is 0 Å². The van der Waals surface area contributed by atoms with Gasteiger partial charge in [0.05, 0.1) is 12.7 Å². The number of benzene rings is 2. The molecule has 0 aromatic heterocycles. The molecule has 1 aliphatic rings. The summed E-state index contributed by atoms with van der Waals surface area (Å²) in [6.07, 6.45) is 2.11. The number of hydrogen-bond acceptors (Lipinski definition) is 3. The predicted molar refractivity (Wildman–Crippen MR) is 87.1 cm³/mol. The number of methoxy groups -OCH3 is 1. The predicted octanol–water partition coefficient (Wildman–Crippen LogP) is 3.28. The molecule has 1 amide bonds. The van der Waals surface area contributed by atoms with Crippen LogP contribution in [0.3, 0.4) is 0 Å². The number of ether oxygens (including phenoxy) is 1. The van der Waals surface area contributed by atoms with Crippen molar-refractivity contribution >= 4 is 11.9 Å². The first-order valence-electron chi connectivity index (χ1n) is 7.72. The topological polar surface area (TPSA) is 46.6 Å². The second-order valence-electron chi connectivity index (χ2n) is 5.72. The second kappa shape index (κ2) is 6.65. The molecule has 0 N–H and O–H groups in total. The average Bonchev–Trinajstić information content (AvgIpc) is 3.44. The Balaban J connectivity index is 1.77. The molecule has 4 heteroatoms. The summed E-state index contributed by atoms with van der Waals surface area (Å²) in [6, 6.07) is 17.0. The van der Waals surface area contributed by atoms with Crippen molar-refractivity contribution in [2.24, 2.45) is 0 Å². The Morgan fingerprint density at radius 1 is 1.00 bits per heavy atom. The third-order valence-corrected chi connectivity index (χ3v) is 4.00. The zero-order valence-electron chi connectivity index (χ0n) is 13.1. The number of nitrogens with zero attached hydrogens (tertiary/aromatic N) is 1. The Kier molecular flexibility index (Phi) is 4.42. The highest BCUT2D eigenvalue weighted by Gasteiger charge is 2.33. The highest BCUT2D eigenvalue weighted by atomic mass is 16.5. The highest BCUT2D eigenvalue weighted by molar-refractivity contribution is 5.96. The van der Waals surface area contributed by atoms with Crippen LogP contribution in [0, 0.1) is 0 Å². The van der Waals surface area contributed by atoms with E-state index in [4.69, 9.17) is 0 Å². The molecule has 3 rings (SSSR count). The molecule has 23 heavy (non-hydrogen) atoms. The van der Waals surface area contributed by atoms with Gasteiger partial charge in [-0.2, -0.15) is 0 Å². The molecule has 2 aromatic carbocycles. The SMILES string of the molecule is COC(=O)c1ccc(C(=O)N(Cc2ccccc2)C2CC2)cc1. The van der Waals surface area contributed by atoms with Crippen LogP contribution in [0.15, 0.2) is 54.6 Å². The maximum absolute atomic E-state index is 12.8. The van der Waals surface area contributed by atoms with Crippen LogP contribution in [0.25, 0.3) is 0 Å². The molecule has 0 spiro atoms. The van der Waals surface area contributed by atoms with Gasteiger partial charge in [-0.3, -0.25) is 4.79 Å². The van der Waals surface area contributed by atoms with Gasteiger partial charge in [0.15, 0.2) is 0 Å². The fourth-order valence-corrected chi connectivity index (χ4v) is 2.57. The molecular weight excluding hydrogens is 290 g/mol. The van der Waals surface area contributed by atoms with Gasteiger partial charge in [-0.15, -0.1) is 0 Å². The van der Waals surface area contributed by atoms with E-state index in [1.807, 2.05) is 35.2 Å². The van der Waals surface area contributed by atoms with Crippen LogP contribution in [-0.4, -0.2) is 29.9 Å². The van der Waals surface area contributed by atoms with Gasteiger partial charge < -0.3 is 9.64 Å². The normalized spacial score (nSPS) is 13.4. The van der Waals surface area contributed by atoms with Crippen molar-refractivity contribution in [2.45, 2.75) is 25.4 Å². The molecule has 118 valence electrons. The van der Waals surface area contributed by atoms with Crippen molar-refractivity contribution in [1.82, 2.24) is 4.90 Å². The molecule has 0 atom stereocenters. The van der Waals surface area contributed by atoms with Gasteiger partial charge in [0, 0.05) is 18.2 Å². The van der Waals surface area contributed by atoms with E-state index >= 15 is 0 Å². The molecule has 0 unspecified atom stereocenters. The van der Waals surface area contributed by atoms with Gasteiger partial charge in [-0.25, -0.2) is 4.79 Å².